The first-order valence-electron chi connectivity index (χ1n) is 4.79. The minimum Gasteiger partial charge on any atom is -0.290 e. The van der Waals surface area contributed by atoms with Gasteiger partial charge in [0.25, 0.3) is 0 Å². The third-order valence-electron chi connectivity index (χ3n) is 2.33. The zero-order valence-electron chi connectivity index (χ0n) is 7.89. The van der Waals surface area contributed by atoms with E-state index in [1.165, 1.54) is 5.56 Å². The normalized spacial score (nSPS) is 16.1. The standard InChI is InChI=1S/C13H12O/c14-13-8-6-12(7-9-13)10-11-4-2-1-3-5-11/h1-9,12H,10H2. The Balaban J connectivity index is 2.03. The molecule has 0 N–H and O–H groups in total. The van der Waals surface area contributed by atoms with Crippen LogP contribution in [0.25, 0.3) is 0 Å². The minimum absolute atomic E-state index is 0.0920. The fourth-order valence-electron chi connectivity index (χ4n) is 1.58. The van der Waals surface area contributed by atoms with E-state index in [0.29, 0.717) is 5.92 Å². The van der Waals surface area contributed by atoms with E-state index in [2.05, 4.69) is 12.1 Å². The van der Waals surface area contributed by atoms with Crippen molar-refractivity contribution in [2.75, 3.05) is 0 Å². The van der Waals surface area contributed by atoms with Gasteiger partial charge in [0.15, 0.2) is 5.78 Å². The first-order valence-corrected chi connectivity index (χ1v) is 4.79. The Hall–Kier alpha value is -1.63. The van der Waals surface area contributed by atoms with Crippen LogP contribution >= 0.6 is 0 Å². The van der Waals surface area contributed by atoms with Gasteiger partial charge in [-0.05, 0) is 30.1 Å². The van der Waals surface area contributed by atoms with Crippen LogP contribution < -0.4 is 0 Å². The lowest BCUT2D eigenvalue weighted by Gasteiger charge is -2.09. The van der Waals surface area contributed by atoms with Gasteiger partial charge in [-0.2, -0.15) is 0 Å². The van der Waals surface area contributed by atoms with Crippen molar-refractivity contribution in [1.82, 2.24) is 0 Å². The van der Waals surface area contributed by atoms with Crippen molar-refractivity contribution >= 4 is 5.78 Å². The zero-order chi connectivity index (χ0) is 9.80. The summed E-state index contributed by atoms with van der Waals surface area (Å²) in [6.45, 7) is 0. The maximum Gasteiger partial charge on any atom is 0.178 e. The number of carbonyl (C=O) groups excluding carboxylic acids is 1. The van der Waals surface area contributed by atoms with E-state index in [9.17, 15) is 4.79 Å². The van der Waals surface area contributed by atoms with Crippen LogP contribution in [0.5, 0.6) is 0 Å². The molecule has 0 saturated heterocycles. The summed E-state index contributed by atoms with van der Waals surface area (Å²) in [4.78, 5) is 10.9. The van der Waals surface area contributed by atoms with Crippen LogP contribution in [0.15, 0.2) is 54.6 Å². The number of allylic oxidation sites excluding steroid dienone is 4. The molecule has 2 rings (SSSR count). The van der Waals surface area contributed by atoms with Crippen LogP contribution in [0.2, 0.25) is 0 Å². The van der Waals surface area contributed by atoms with Gasteiger partial charge in [-0.15, -0.1) is 0 Å². The number of hydrogen-bond donors (Lipinski definition) is 0. The molecule has 0 bridgehead atoms. The molecule has 1 aliphatic carbocycles. The highest BCUT2D eigenvalue weighted by atomic mass is 16.1. The quantitative estimate of drug-likeness (QED) is 0.690. The maximum absolute atomic E-state index is 10.9. The summed E-state index contributed by atoms with van der Waals surface area (Å²) in [6, 6.07) is 10.3. The molecule has 1 aliphatic rings. The van der Waals surface area contributed by atoms with E-state index in [0.717, 1.165) is 6.42 Å². The van der Waals surface area contributed by atoms with Crippen molar-refractivity contribution in [2.24, 2.45) is 5.92 Å². The molecule has 0 atom stereocenters. The second kappa shape index (κ2) is 4.05. The first-order chi connectivity index (χ1) is 6.84. The van der Waals surface area contributed by atoms with Gasteiger partial charge in [0.05, 0.1) is 0 Å². The highest BCUT2D eigenvalue weighted by Crippen LogP contribution is 2.14. The monoisotopic (exact) mass is 184 g/mol. The van der Waals surface area contributed by atoms with E-state index in [4.69, 9.17) is 0 Å². The van der Waals surface area contributed by atoms with E-state index in [1.807, 2.05) is 30.4 Å². The zero-order valence-corrected chi connectivity index (χ0v) is 7.89. The summed E-state index contributed by atoms with van der Waals surface area (Å²) in [5.41, 5.74) is 1.31. The van der Waals surface area contributed by atoms with Gasteiger partial charge >= 0.3 is 0 Å². The SMILES string of the molecule is O=C1C=CC(Cc2ccccc2)C=C1. The van der Waals surface area contributed by atoms with Crippen LogP contribution in [-0.4, -0.2) is 5.78 Å². The molecule has 70 valence electrons. The Bertz CT molecular complexity index is 357. The highest BCUT2D eigenvalue weighted by Gasteiger charge is 2.06. The Labute approximate surface area is 83.8 Å². The minimum atomic E-state index is 0.0920. The third kappa shape index (κ3) is 2.19. The Kier molecular flexibility index (Phi) is 2.59. The number of carbonyl (C=O) groups is 1. The molecule has 1 nitrogen and oxygen atoms in total. The van der Waals surface area contributed by atoms with Gasteiger partial charge in [-0.25, -0.2) is 0 Å². The second-order valence-corrected chi connectivity index (χ2v) is 3.47. The molecule has 0 amide bonds. The fourth-order valence-corrected chi connectivity index (χ4v) is 1.58. The Morgan fingerprint density at radius 2 is 1.64 bits per heavy atom. The van der Waals surface area contributed by atoms with Gasteiger partial charge in [-0.1, -0.05) is 42.5 Å². The summed E-state index contributed by atoms with van der Waals surface area (Å²) in [5, 5.41) is 0. The Morgan fingerprint density at radius 1 is 1.00 bits per heavy atom. The molecule has 0 heterocycles. The summed E-state index contributed by atoms with van der Waals surface area (Å²) in [7, 11) is 0. The van der Waals surface area contributed by atoms with Crippen LogP contribution in [0.1, 0.15) is 5.56 Å². The van der Waals surface area contributed by atoms with Gasteiger partial charge in [0, 0.05) is 0 Å². The molecule has 1 heteroatoms. The van der Waals surface area contributed by atoms with Crippen molar-refractivity contribution in [3.8, 4) is 0 Å². The molecule has 0 saturated carbocycles. The summed E-state index contributed by atoms with van der Waals surface area (Å²) in [5.74, 6) is 0.462. The highest BCUT2D eigenvalue weighted by molar-refractivity contribution is 6.00. The van der Waals surface area contributed by atoms with E-state index < -0.39 is 0 Å². The van der Waals surface area contributed by atoms with Crippen molar-refractivity contribution in [3.05, 3.63) is 60.2 Å². The number of ketones is 1. The predicted molar refractivity (Wildman–Crippen MR) is 56.9 cm³/mol. The van der Waals surface area contributed by atoms with Crippen LogP contribution in [0.3, 0.4) is 0 Å². The van der Waals surface area contributed by atoms with E-state index >= 15 is 0 Å². The molecule has 14 heavy (non-hydrogen) atoms. The van der Waals surface area contributed by atoms with E-state index in [1.54, 1.807) is 12.2 Å². The second-order valence-electron chi connectivity index (χ2n) is 3.47. The number of hydrogen-bond acceptors (Lipinski definition) is 1. The van der Waals surface area contributed by atoms with Crippen LogP contribution in [0.4, 0.5) is 0 Å². The average molecular weight is 184 g/mol. The molecule has 0 spiro atoms. The molecule has 0 aliphatic heterocycles. The molecule has 0 aromatic heterocycles. The smallest absolute Gasteiger partial charge is 0.178 e. The summed E-state index contributed by atoms with van der Waals surface area (Å²) < 4.78 is 0. The fraction of sp³-hybridized carbons (Fsp3) is 0.154. The van der Waals surface area contributed by atoms with Crippen molar-refractivity contribution in [1.29, 1.82) is 0 Å². The lowest BCUT2D eigenvalue weighted by atomic mass is 9.95. The van der Waals surface area contributed by atoms with Gasteiger partial charge in [-0.3, -0.25) is 4.79 Å². The molecule has 0 unspecified atom stereocenters. The third-order valence-corrected chi connectivity index (χ3v) is 2.33. The lowest BCUT2D eigenvalue weighted by Crippen LogP contribution is -2.03. The maximum atomic E-state index is 10.9. The summed E-state index contributed by atoms with van der Waals surface area (Å²) >= 11 is 0. The topological polar surface area (TPSA) is 17.1 Å². The molecular weight excluding hydrogens is 172 g/mol. The van der Waals surface area contributed by atoms with Gasteiger partial charge < -0.3 is 0 Å². The number of benzene rings is 1. The molecule has 0 fully saturated rings. The van der Waals surface area contributed by atoms with E-state index in [-0.39, 0.29) is 5.78 Å². The largest absolute Gasteiger partial charge is 0.290 e. The van der Waals surface area contributed by atoms with Crippen molar-refractivity contribution < 1.29 is 4.79 Å². The van der Waals surface area contributed by atoms with Crippen LogP contribution in [0, 0.1) is 5.92 Å². The molecule has 0 radical (unpaired) electrons. The first kappa shape index (κ1) is 8.95. The van der Waals surface area contributed by atoms with Crippen molar-refractivity contribution in [2.45, 2.75) is 6.42 Å². The Morgan fingerprint density at radius 3 is 2.29 bits per heavy atom. The predicted octanol–water partition coefficient (Wildman–Crippen LogP) is 2.54. The average Bonchev–Trinajstić information content (AvgIpc) is 2.23. The molecule has 1 aromatic rings. The van der Waals surface area contributed by atoms with Crippen molar-refractivity contribution in [3.63, 3.8) is 0 Å². The van der Waals surface area contributed by atoms with Crippen LogP contribution in [-0.2, 0) is 11.2 Å². The lowest BCUT2D eigenvalue weighted by molar-refractivity contribution is -0.110. The molecular formula is C13H12O. The van der Waals surface area contributed by atoms with Gasteiger partial charge in [0.2, 0.25) is 0 Å². The molecule has 1 aromatic carbocycles. The number of rotatable bonds is 2. The summed E-state index contributed by atoms with van der Waals surface area (Å²) in [6.07, 6.45) is 8.20. The van der Waals surface area contributed by atoms with Gasteiger partial charge in [0.1, 0.15) is 0 Å².